The molecule has 0 radical (unpaired) electrons. The van der Waals surface area contributed by atoms with Gasteiger partial charge in [0.2, 0.25) is 5.91 Å². The first-order valence-electron chi connectivity index (χ1n) is 12.5. The number of benzene rings is 2. The van der Waals surface area contributed by atoms with Crippen molar-refractivity contribution in [3.05, 3.63) is 77.1 Å². The summed E-state index contributed by atoms with van der Waals surface area (Å²) >= 11 is 6.28. The number of aromatic nitrogens is 1. The molecule has 2 unspecified atom stereocenters. The molecule has 194 valence electrons. The van der Waals surface area contributed by atoms with Crippen LogP contribution in [0.1, 0.15) is 30.9 Å². The number of para-hydroxylation sites is 2. The number of rotatable bonds is 5. The van der Waals surface area contributed by atoms with Crippen molar-refractivity contribution < 1.29 is 13.2 Å². The minimum atomic E-state index is -4.07. The smallest absolute Gasteiger partial charge is 0.265 e. The first-order chi connectivity index (χ1) is 17.7. The van der Waals surface area contributed by atoms with Crippen LogP contribution in [-0.4, -0.2) is 38.4 Å². The fourth-order valence-corrected chi connectivity index (χ4v) is 7.83. The van der Waals surface area contributed by atoms with Gasteiger partial charge in [-0.1, -0.05) is 30.7 Å². The predicted molar refractivity (Wildman–Crippen MR) is 148 cm³/mol. The molecule has 1 saturated heterocycles. The van der Waals surface area contributed by atoms with E-state index in [0.717, 1.165) is 31.6 Å². The number of hydrogen-bond acceptors (Lipinski definition) is 5. The lowest BCUT2D eigenvalue weighted by atomic mass is 9.80. The number of nitrogens with zero attached hydrogens (tertiary/aromatic N) is 3. The minimum absolute atomic E-state index is 0.170. The zero-order chi connectivity index (χ0) is 26.3. The lowest BCUT2D eigenvalue weighted by Gasteiger charge is -2.44. The number of amides is 1. The van der Waals surface area contributed by atoms with E-state index in [9.17, 15) is 13.2 Å². The summed E-state index contributed by atoms with van der Waals surface area (Å²) in [6, 6.07) is 13.5. The Morgan fingerprint density at radius 1 is 1.03 bits per heavy atom. The molecular weight excluding hydrogens is 508 g/mol. The zero-order valence-electron chi connectivity index (χ0n) is 21.2. The number of fused-ring (bicyclic) bond motifs is 1. The number of piperidine rings is 1. The number of carbonyl (C=O) groups excluding carboxylic acids is 1. The Kier molecular flexibility index (Phi) is 6.89. The molecule has 1 aromatic heterocycles. The summed E-state index contributed by atoms with van der Waals surface area (Å²) in [5.41, 5.74) is 3.34. The molecule has 2 atom stereocenters. The van der Waals surface area contributed by atoms with Gasteiger partial charge in [0.25, 0.3) is 10.0 Å². The molecule has 9 heteroatoms. The van der Waals surface area contributed by atoms with E-state index in [1.165, 1.54) is 4.31 Å². The van der Waals surface area contributed by atoms with Gasteiger partial charge in [-0.3, -0.25) is 14.1 Å². The number of sulfonamides is 1. The van der Waals surface area contributed by atoms with Crippen LogP contribution < -0.4 is 14.5 Å². The highest BCUT2D eigenvalue weighted by molar-refractivity contribution is 7.93. The molecule has 0 bridgehead atoms. The van der Waals surface area contributed by atoms with Crippen molar-refractivity contribution in [2.45, 2.75) is 44.6 Å². The summed E-state index contributed by atoms with van der Waals surface area (Å²) in [6.07, 6.45) is 5.30. The average molecular weight is 539 g/mol. The normalized spacial score (nSPS) is 19.4. The first-order valence-corrected chi connectivity index (χ1v) is 14.4. The summed E-state index contributed by atoms with van der Waals surface area (Å²) < 4.78 is 30.0. The number of carbonyl (C=O) groups is 1. The van der Waals surface area contributed by atoms with Gasteiger partial charge in [0.1, 0.15) is 6.04 Å². The Morgan fingerprint density at radius 2 is 1.70 bits per heavy atom. The summed E-state index contributed by atoms with van der Waals surface area (Å²) in [6.45, 7) is 7.21. The quantitative estimate of drug-likeness (QED) is 0.469. The Balaban J connectivity index is 1.51. The minimum Gasteiger partial charge on any atom is -0.371 e. The second-order valence-electron chi connectivity index (χ2n) is 10.0. The highest BCUT2D eigenvalue weighted by Gasteiger charge is 2.46. The maximum Gasteiger partial charge on any atom is 0.265 e. The van der Waals surface area contributed by atoms with Crippen LogP contribution in [0.2, 0.25) is 5.02 Å². The molecule has 0 saturated carbocycles. The molecule has 7 nitrogen and oxygen atoms in total. The molecule has 1 N–H and O–H groups in total. The van der Waals surface area contributed by atoms with Gasteiger partial charge in [0.15, 0.2) is 0 Å². The predicted octanol–water partition coefficient (Wildman–Crippen LogP) is 5.42. The molecule has 5 rings (SSSR count). The van der Waals surface area contributed by atoms with Gasteiger partial charge in [-0.25, -0.2) is 8.42 Å². The van der Waals surface area contributed by atoms with Crippen molar-refractivity contribution in [1.29, 1.82) is 0 Å². The van der Waals surface area contributed by atoms with Gasteiger partial charge in [-0.15, -0.1) is 0 Å². The van der Waals surface area contributed by atoms with Crippen molar-refractivity contribution in [2.75, 3.05) is 27.6 Å². The fourth-order valence-electron chi connectivity index (χ4n) is 5.60. The maximum atomic E-state index is 14.3. The molecular formula is C28H31ClN4O3S. The van der Waals surface area contributed by atoms with Crippen molar-refractivity contribution in [1.82, 2.24) is 4.98 Å². The summed E-state index contributed by atoms with van der Waals surface area (Å²) in [5, 5.41) is 3.48. The van der Waals surface area contributed by atoms with Gasteiger partial charge in [0.05, 0.1) is 16.3 Å². The lowest BCUT2D eigenvalue weighted by molar-refractivity contribution is -0.118. The van der Waals surface area contributed by atoms with Gasteiger partial charge in [0, 0.05) is 36.2 Å². The third-order valence-corrected chi connectivity index (χ3v) is 10.1. The van der Waals surface area contributed by atoms with Gasteiger partial charge in [-0.05, 0) is 86.1 Å². The number of anilines is 3. The summed E-state index contributed by atoms with van der Waals surface area (Å²) in [5.74, 6) is -0.309. The van der Waals surface area contributed by atoms with Crippen LogP contribution in [0.15, 0.2) is 65.8 Å². The van der Waals surface area contributed by atoms with E-state index in [2.05, 4.69) is 15.2 Å². The zero-order valence-corrected chi connectivity index (χ0v) is 22.8. The standard InChI is InChI=1S/C28H31ClN4O3S/c1-18-17-26(19(2)16-23(18)29)37(35,36)33-25-7-5-4-6-24(25)31-28(34)27(33)20(3)21-10-14-32(15-11-21)22-8-12-30-13-9-22/h4-9,12-13,16-17,20-21,27H,10-11,14-15H2,1-3H3,(H,31,34). The molecule has 2 aliphatic rings. The Morgan fingerprint density at radius 3 is 2.41 bits per heavy atom. The number of nitrogens with one attached hydrogen (secondary N) is 1. The number of aryl methyl sites for hydroxylation is 2. The Labute approximate surface area is 223 Å². The molecule has 1 amide bonds. The van der Waals surface area contributed by atoms with E-state index in [1.54, 1.807) is 62.6 Å². The highest BCUT2D eigenvalue weighted by atomic mass is 35.5. The van der Waals surface area contributed by atoms with Crippen LogP contribution in [0.3, 0.4) is 0 Å². The molecule has 2 aliphatic heterocycles. The van der Waals surface area contributed by atoms with E-state index in [4.69, 9.17) is 11.6 Å². The monoisotopic (exact) mass is 538 g/mol. The topological polar surface area (TPSA) is 82.6 Å². The molecule has 0 aliphatic carbocycles. The Bertz CT molecular complexity index is 1420. The maximum absolute atomic E-state index is 14.3. The van der Waals surface area contributed by atoms with Crippen LogP contribution in [0.5, 0.6) is 0 Å². The second kappa shape index (κ2) is 9.99. The number of halogens is 1. The van der Waals surface area contributed by atoms with E-state index in [1.807, 2.05) is 19.1 Å². The third kappa shape index (κ3) is 4.68. The van der Waals surface area contributed by atoms with E-state index in [-0.39, 0.29) is 22.6 Å². The van der Waals surface area contributed by atoms with Gasteiger partial charge in [-0.2, -0.15) is 0 Å². The number of pyridine rings is 1. The fraction of sp³-hybridized carbons (Fsp3) is 0.357. The van der Waals surface area contributed by atoms with Crippen LogP contribution in [0.4, 0.5) is 17.1 Å². The summed E-state index contributed by atoms with van der Waals surface area (Å²) in [7, 11) is -4.07. The van der Waals surface area contributed by atoms with Crippen LogP contribution >= 0.6 is 11.6 Å². The van der Waals surface area contributed by atoms with Gasteiger partial charge < -0.3 is 10.2 Å². The summed E-state index contributed by atoms with van der Waals surface area (Å²) in [4.78, 5) is 20.2. The molecule has 37 heavy (non-hydrogen) atoms. The third-order valence-electron chi connectivity index (χ3n) is 7.72. The molecule has 0 spiro atoms. The van der Waals surface area contributed by atoms with Crippen molar-refractivity contribution >= 4 is 44.6 Å². The lowest BCUT2D eigenvalue weighted by Crippen LogP contribution is -2.56. The van der Waals surface area contributed by atoms with E-state index >= 15 is 0 Å². The van der Waals surface area contributed by atoms with Crippen molar-refractivity contribution in [2.24, 2.45) is 11.8 Å². The van der Waals surface area contributed by atoms with Crippen LogP contribution in [0.25, 0.3) is 0 Å². The Hall–Kier alpha value is -3.10. The number of hydrogen-bond donors (Lipinski definition) is 1. The van der Waals surface area contributed by atoms with Crippen molar-refractivity contribution in [3.8, 4) is 0 Å². The highest BCUT2D eigenvalue weighted by Crippen LogP contribution is 2.42. The van der Waals surface area contributed by atoms with E-state index in [0.29, 0.717) is 27.5 Å². The van der Waals surface area contributed by atoms with Crippen LogP contribution in [-0.2, 0) is 14.8 Å². The SMILES string of the molecule is Cc1cc(S(=O)(=O)N2c3ccccc3NC(=O)C2C(C)C2CCN(c3ccncc3)CC2)c(C)cc1Cl. The van der Waals surface area contributed by atoms with Crippen LogP contribution in [0, 0.1) is 25.7 Å². The molecule has 3 heterocycles. The molecule has 3 aromatic rings. The van der Waals surface area contributed by atoms with Crippen molar-refractivity contribution in [3.63, 3.8) is 0 Å². The molecule has 2 aromatic carbocycles. The van der Waals surface area contributed by atoms with Gasteiger partial charge >= 0.3 is 0 Å². The molecule has 1 fully saturated rings. The largest absolute Gasteiger partial charge is 0.371 e. The second-order valence-corrected chi connectivity index (χ2v) is 12.2. The first kappa shape index (κ1) is 25.5. The average Bonchev–Trinajstić information content (AvgIpc) is 2.90. The van der Waals surface area contributed by atoms with E-state index < -0.39 is 16.1 Å².